The van der Waals surface area contributed by atoms with Gasteiger partial charge in [0.1, 0.15) is 42.3 Å². The smallest absolute Gasteiger partial charge is 0.382 e. The van der Waals surface area contributed by atoms with Crippen molar-refractivity contribution in [3.05, 3.63) is 36.4 Å². The average molecular weight is 721 g/mol. The van der Waals surface area contributed by atoms with E-state index >= 15 is 8.78 Å². The maximum Gasteiger partial charge on any atom is 0.698 e. The second-order valence-electron chi connectivity index (χ2n) is 10.2. The van der Waals surface area contributed by atoms with Crippen LogP contribution in [0.3, 0.4) is 0 Å². The molecule has 3 saturated heterocycles. The van der Waals surface area contributed by atoms with Crippen LogP contribution in [0.5, 0.6) is 0 Å². The number of amides is 1. The van der Waals surface area contributed by atoms with E-state index in [0.717, 1.165) is 11.0 Å². The van der Waals surface area contributed by atoms with Crippen molar-refractivity contribution in [2.24, 2.45) is 5.73 Å². The highest BCUT2D eigenvalue weighted by Gasteiger charge is 2.56. The lowest BCUT2D eigenvalue weighted by Crippen LogP contribution is -2.33. The first-order valence-corrected chi connectivity index (χ1v) is 18.4. The van der Waals surface area contributed by atoms with Crippen LogP contribution in [-0.2, 0) is 36.7 Å². The number of nitrogens with zero attached hydrogens (tertiary/aromatic N) is 7. The minimum atomic E-state index is -4.35. The van der Waals surface area contributed by atoms with Crippen molar-refractivity contribution in [3.8, 4) is 0 Å². The third-order valence-electron chi connectivity index (χ3n) is 7.50. The number of fused-ring (bicyclic) bond motifs is 5. The number of primary amides is 1. The van der Waals surface area contributed by atoms with Crippen LogP contribution in [0.1, 0.15) is 22.8 Å². The standard InChI is InChI=1S/C22H21F2N9O9P2S2/c23-12-10-5-38-44(36,46-45)42-16-11(40-21(13(16)24)32-7-29-15-18(25)27-6-28-20(15)32)4-37-43(35)41-17(12)22(39-10)33-9-3-1-2-8(19(26)34)14(9)30-31-33/h1-3,6-7,10-13,16-17,21-22H,4-5H2,(H4-,25,26,27,28,34,45)/p+1/t10-,11-,12-,13-,16-,17-,21-,22-,44+/m1/s1. The second-order valence-corrected chi connectivity index (χ2v) is 15.9. The number of thiol groups is 1. The van der Waals surface area contributed by atoms with Crippen molar-refractivity contribution >= 4 is 71.0 Å². The summed E-state index contributed by atoms with van der Waals surface area (Å²) in [5, 5.41) is 7.95. The molecule has 18 nitrogen and oxygen atoms in total. The van der Waals surface area contributed by atoms with Gasteiger partial charge in [0.15, 0.2) is 42.4 Å². The molecule has 0 spiro atoms. The van der Waals surface area contributed by atoms with Crippen LogP contribution in [0.4, 0.5) is 14.6 Å². The minimum Gasteiger partial charge on any atom is -0.382 e. The normalized spacial score (nSPS) is 34.6. The summed E-state index contributed by atoms with van der Waals surface area (Å²) in [4.78, 5) is 24.0. The highest BCUT2D eigenvalue weighted by Crippen LogP contribution is 2.65. The van der Waals surface area contributed by atoms with Crippen molar-refractivity contribution in [2.45, 2.75) is 49.2 Å². The molecule has 46 heavy (non-hydrogen) atoms. The van der Waals surface area contributed by atoms with Gasteiger partial charge in [-0.1, -0.05) is 22.9 Å². The molecule has 1 unspecified atom stereocenters. The molecule has 0 radical (unpaired) electrons. The Labute approximate surface area is 265 Å². The van der Waals surface area contributed by atoms with E-state index in [2.05, 4.69) is 36.9 Å². The van der Waals surface area contributed by atoms with Gasteiger partial charge in [-0.05, 0) is 12.1 Å². The molecule has 6 heterocycles. The van der Waals surface area contributed by atoms with Gasteiger partial charge < -0.3 is 20.9 Å². The zero-order chi connectivity index (χ0) is 32.3. The number of halogens is 2. The van der Waals surface area contributed by atoms with Crippen molar-refractivity contribution in [1.29, 1.82) is 0 Å². The quantitative estimate of drug-likeness (QED) is 0.156. The molecule has 244 valence electrons. The average Bonchev–Trinajstić information content (AvgIpc) is 3.80. The molecule has 0 aliphatic carbocycles. The van der Waals surface area contributed by atoms with E-state index in [1.165, 1.54) is 29.1 Å². The van der Waals surface area contributed by atoms with Gasteiger partial charge in [-0.25, -0.2) is 33.0 Å². The number of alkyl halides is 2. The van der Waals surface area contributed by atoms with Crippen LogP contribution < -0.4 is 11.5 Å². The molecule has 2 bridgehead atoms. The molecule has 1 amide bonds. The molecule has 7 rings (SSSR count). The fourth-order valence-electron chi connectivity index (χ4n) is 5.37. The number of anilines is 1. The number of benzene rings is 1. The molecule has 3 aliphatic rings. The predicted octanol–water partition coefficient (Wildman–Crippen LogP) is 2.58. The van der Waals surface area contributed by atoms with Crippen molar-refractivity contribution < 1.29 is 50.3 Å². The molecular formula is C22H22F2N9O9P2S2+. The van der Waals surface area contributed by atoms with Gasteiger partial charge in [0.2, 0.25) is 0 Å². The Hall–Kier alpha value is -2.91. The number of nitrogens with two attached hydrogens (primary N) is 2. The summed E-state index contributed by atoms with van der Waals surface area (Å²) in [6.07, 6.45) is -10.6. The molecule has 10 atom stereocenters. The number of aromatic nitrogens is 7. The summed E-state index contributed by atoms with van der Waals surface area (Å²) in [5.41, 5.74) is 12.0. The van der Waals surface area contributed by atoms with E-state index < -0.39 is 83.4 Å². The van der Waals surface area contributed by atoms with Gasteiger partial charge in [0, 0.05) is 15.0 Å². The lowest BCUT2D eigenvalue weighted by atomic mass is 10.1. The van der Waals surface area contributed by atoms with Crippen LogP contribution in [0.15, 0.2) is 30.9 Å². The zero-order valence-electron chi connectivity index (χ0n) is 22.9. The number of carbonyl (C=O) groups is 1. The SMILES string of the molecule is NC(=O)c1cccc2c1nnn2[C@@H]1O[C@@H]2CO[P@](=O)(SS)O[C@H]3[C@@H](F)[C@H](n4cnc5c(N)ncnc54)O[C@@H]3CO[P+](=O)O[C@@H]1[C@@H]2F. The molecule has 0 saturated carbocycles. The zero-order valence-corrected chi connectivity index (χ0v) is 26.4. The van der Waals surface area contributed by atoms with Crippen LogP contribution in [0.2, 0.25) is 0 Å². The molecule has 3 aromatic heterocycles. The van der Waals surface area contributed by atoms with Crippen LogP contribution in [-0.4, -0.2) is 90.4 Å². The molecule has 4 N–H and O–H groups in total. The summed E-state index contributed by atoms with van der Waals surface area (Å²) in [6.45, 7) is -5.66. The highest BCUT2D eigenvalue weighted by atomic mass is 33.3. The van der Waals surface area contributed by atoms with E-state index in [1.807, 2.05) is 0 Å². The lowest BCUT2D eigenvalue weighted by Gasteiger charge is -2.24. The summed E-state index contributed by atoms with van der Waals surface area (Å²) in [5.74, 6) is -0.728. The van der Waals surface area contributed by atoms with Gasteiger partial charge in [0.25, 0.3) is 5.91 Å². The fourth-order valence-corrected chi connectivity index (χ4v) is 8.66. The van der Waals surface area contributed by atoms with Crippen LogP contribution >= 0.6 is 37.1 Å². The number of nitrogen functional groups attached to an aromatic ring is 1. The molecule has 4 aromatic rings. The van der Waals surface area contributed by atoms with Gasteiger partial charge in [-0.3, -0.25) is 18.4 Å². The van der Waals surface area contributed by atoms with Gasteiger partial charge in [-0.15, -0.1) is 14.1 Å². The fraction of sp³-hybridized carbons (Fsp3) is 0.455. The Morgan fingerprint density at radius 2 is 1.89 bits per heavy atom. The molecule has 1 aromatic carbocycles. The van der Waals surface area contributed by atoms with E-state index in [0.29, 0.717) is 10.4 Å². The summed E-state index contributed by atoms with van der Waals surface area (Å²) < 4.78 is 94.7. The Bertz CT molecular complexity index is 1890. The first kappa shape index (κ1) is 31.7. The highest BCUT2D eigenvalue weighted by molar-refractivity contribution is 8.93. The first-order valence-electron chi connectivity index (χ1n) is 13.3. The maximum atomic E-state index is 16.1. The second kappa shape index (κ2) is 12.3. The Kier molecular flexibility index (Phi) is 8.45. The number of hydrogen-bond donors (Lipinski definition) is 3. The molecule has 3 aliphatic heterocycles. The number of rotatable bonds is 4. The number of imidazole rings is 1. The number of hydrogen-bond acceptors (Lipinski definition) is 17. The summed E-state index contributed by atoms with van der Waals surface area (Å²) >= 11 is 4.00. The number of carbonyl (C=O) groups excluding carboxylic acids is 1. The molecule has 3 fully saturated rings. The monoisotopic (exact) mass is 720 g/mol. The van der Waals surface area contributed by atoms with Gasteiger partial charge >= 0.3 is 15.1 Å². The topological polar surface area (TPSA) is 233 Å². The lowest BCUT2D eigenvalue weighted by molar-refractivity contribution is -0.0598. The molecular weight excluding hydrogens is 698 g/mol. The summed E-state index contributed by atoms with van der Waals surface area (Å²) in [7, 11) is -2.77. The van der Waals surface area contributed by atoms with Crippen LogP contribution in [0.25, 0.3) is 22.2 Å². The Morgan fingerprint density at radius 3 is 2.67 bits per heavy atom. The van der Waals surface area contributed by atoms with Gasteiger partial charge in [-0.2, -0.15) is 0 Å². The van der Waals surface area contributed by atoms with Crippen molar-refractivity contribution in [3.63, 3.8) is 0 Å². The molecule has 24 heteroatoms. The first-order chi connectivity index (χ1) is 22.1. The summed E-state index contributed by atoms with van der Waals surface area (Å²) in [6, 6.07) is 4.46. The van der Waals surface area contributed by atoms with Crippen molar-refractivity contribution in [1.82, 2.24) is 34.5 Å². The largest absolute Gasteiger partial charge is 0.698 e. The van der Waals surface area contributed by atoms with E-state index in [9.17, 15) is 13.9 Å². The number of ether oxygens (including phenoxy) is 2. The van der Waals surface area contributed by atoms with Crippen molar-refractivity contribution in [2.75, 3.05) is 18.9 Å². The van der Waals surface area contributed by atoms with Crippen LogP contribution in [0, 0.1) is 0 Å². The van der Waals surface area contributed by atoms with E-state index in [-0.39, 0.29) is 33.6 Å². The Morgan fingerprint density at radius 1 is 1.09 bits per heavy atom. The minimum absolute atomic E-state index is 0.0475. The maximum absolute atomic E-state index is 16.1. The van der Waals surface area contributed by atoms with Gasteiger partial charge in [0.05, 0.1) is 24.0 Å². The third kappa shape index (κ3) is 5.45. The van der Waals surface area contributed by atoms with E-state index in [1.54, 1.807) is 0 Å². The predicted molar refractivity (Wildman–Crippen MR) is 157 cm³/mol. The third-order valence-corrected chi connectivity index (χ3v) is 12.4. The Balaban J connectivity index is 1.19. The van der Waals surface area contributed by atoms with E-state index in [4.69, 9.17) is 39.0 Å².